The quantitative estimate of drug-likeness (QED) is 0.145. The third-order valence-corrected chi connectivity index (χ3v) is 6.53. The molecule has 0 saturated heterocycles. The van der Waals surface area contributed by atoms with Crippen LogP contribution in [0, 0.1) is 0 Å². The smallest absolute Gasteiger partial charge is 0.326 e. The summed E-state index contributed by atoms with van der Waals surface area (Å²) in [6.07, 6.45) is 9.51. The number of imidazole rings is 2. The molecule has 0 radical (unpaired) electrons. The maximum absolute atomic E-state index is 12.5. The summed E-state index contributed by atoms with van der Waals surface area (Å²) >= 11 is -2.10. The van der Waals surface area contributed by atoms with Crippen molar-refractivity contribution < 1.29 is 27.8 Å². The number of rotatable bonds is 15. The average Bonchev–Trinajstić information content (AvgIpc) is 3.49. The van der Waals surface area contributed by atoms with Gasteiger partial charge in [-0.25, -0.2) is 14.2 Å². The molecule has 236 valence electrons. The second kappa shape index (κ2) is 15.3. The van der Waals surface area contributed by atoms with Gasteiger partial charge in [-0.15, -0.1) is 0 Å². The van der Waals surface area contributed by atoms with E-state index in [0.29, 0.717) is 18.8 Å². The summed E-state index contributed by atoms with van der Waals surface area (Å²) in [4.78, 5) is 36.3. The molecule has 0 amide bonds. The standard InChI is InChI=1S/C30H44N6O6S/c1-29(2,3)41-27(37)21-35-17-14-31-25(35)19-34(16-8-7-9-23-10-12-24(13-11-23)33-43(39)40)20-26-32-15-18-36(26)22-28(38)42-30(4,5)6/h10-15,17-18,33H,7-9,16,19-22H2,1-6H3,(H,39,40). The number of aromatic nitrogens is 4. The number of unbranched alkanes of at least 4 members (excludes halogenated alkanes) is 1. The highest BCUT2D eigenvalue weighted by molar-refractivity contribution is 7.80. The monoisotopic (exact) mass is 616 g/mol. The van der Waals surface area contributed by atoms with Crippen molar-refractivity contribution in [3.05, 3.63) is 66.3 Å². The molecule has 0 aliphatic carbocycles. The molecule has 12 nitrogen and oxygen atoms in total. The molecule has 0 aliphatic heterocycles. The molecule has 0 bridgehead atoms. The molecule has 2 N–H and O–H groups in total. The Kier molecular flexibility index (Phi) is 12.0. The van der Waals surface area contributed by atoms with Crippen LogP contribution in [0.4, 0.5) is 5.69 Å². The van der Waals surface area contributed by atoms with Crippen LogP contribution >= 0.6 is 0 Å². The van der Waals surface area contributed by atoms with E-state index in [0.717, 1.165) is 43.0 Å². The molecule has 2 heterocycles. The van der Waals surface area contributed by atoms with E-state index in [2.05, 4.69) is 19.6 Å². The topological polar surface area (TPSA) is 141 Å². The normalized spacial score (nSPS) is 12.7. The van der Waals surface area contributed by atoms with Crippen molar-refractivity contribution in [2.24, 2.45) is 0 Å². The van der Waals surface area contributed by atoms with Crippen LogP contribution in [-0.2, 0) is 62.9 Å². The van der Waals surface area contributed by atoms with Gasteiger partial charge in [0.1, 0.15) is 35.9 Å². The Labute approximate surface area is 256 Å². The summed E-state index contributed by atoms with van der Waals surface area (Å²) in [5.74, 6) is 0.774. The van der Waals surface area contributed by atoms with E-state index in [9.17, 15) is 13.8 Å². The maximum Gasteiger partial charge on any atom is 0.326 e. The molecule has 0 saturated carbocycles. The number of ether oxygens (including phenoxy) is 2. The van der Waals surface area contributed by atoms with E-state index < -0.39 is 22.5 Å². The highest BCUT2D eigenvalue weighted by Gasteiger charge is 2.21. The lowest BCUT2D eigenvalue weighted by Gasteiger charge is -2.24. The summed E-state index contributed by atoms with van der Waals surface area (Å²) in [5.41, 5.74) is 0.550. The molecule has 1 unspecified atom stereocenters. The first-order chi connectivity index (χ1) is 20.2. The zero-order chi connectivity index (χ0) is 31.6. The minimum Gasteiger partial charge on any atom is -0.459 e. The van der Waals surface area contributed by atoms with E-state index in [1.807, 2.05) is 53.7 Å². The molecule has 1 atom stereocenters. The summed E-state index contributed by atoms with van der Waals surface area (Å²) in [6, 6.07) is 7.44. The minimum absolute atomic E-state index is 0.0580. The van der Waals surface area contributed by atoms with Crippen molar-refractivity contribution in [3.63, 3.8) is 0 Å². The SMILES string of the molecule is CC(C)(C)OC(=O)Cn1ccnc1CN(CCCCc1ccc(NS(=O)O)cc1)Cc1nccn1CC(=O)OC(C)(C)C. The van der Waals surface area contributed by atoms with Gasteiger partial charge in [-0.2, -0.15) is 0 Å². The number of nitrogens with one attached hydrogen (secondary N) is 1. The number of hydrogen-bond acceptors (Lipinski definition) is 8. The third kappa shape index (κ3) is 12.7. The first kappa shape index (κ1) is 33.9. The first-order valence-corrected chi connectivity index (χ1v) is 15.4. The summed E-state index contributed by atoms with van der Waals surface area (Å²) in [6.45, 7) is 12.8. The number of hydrogen-bond donors (Lipinski definition) is 2. The Morgan fingerprint density at radius 2 is 1.35 bits per heavy atom. The van der Waals surface area contributed by atoms with Gasteiger partial charge >= 0.3 is 11.9 Å². The molecule has 0 spiro atoms. The fraction of sp³-hybridized carbons (Fsp3) is 0.533. The Balaban J connectivity index is 1.68. The number of anilines is 1. The second-order valence-corrected chi connectivity index (χ2v) is 13.0. The number of carbonyl (C=O) groups excluding carboxylic acids is 2. The van der Waals surface area contributed by atoms with Gasteiger partial charge in [0.2, 0.25) is 0 Å². The molecule has 43 heavy (non-hydrogen) atoms. The lowest BCUT2D eigenvalue weighted by atomic mass is 10.1. The van der Waals surface area contributed by atoms with Gasteiger partial charge in [0.15, 0.2) is 0 Å². The summed E-state index contributed by atoms with van der Waals surface area (Å²) in [5, 5.41) is 0. The number of carbonyl (C=O) groups is 2. The largest absolute Gasteiger partial charge is 0.459 e. The fourth-order valence-corrected chi connectivity index (χ4v) is 4.75. The number of nitrogens with zero attached hydrogens (tertiary/aromatic N) is 5. The van der Waals surface area contributed by atoms with E-state index in [4.69, 9.17) is 14.0 Å². The molecule has 0 aliphatic rings. The van der Waals surface area contributed by atoms with Crippen LogP contribution in [0.5, 0.6) is 0 Å². The maximum atomic E-state index is 12.5. The first-order valence-electron chi connectivity index (χ1n) is 14.3. The van der Waals surface area contributed by atoms with Crippen molar-refractivity contribution in [1.82, 2.24) is 24.0 Å². The zero-order valence-corrected chi connectivity index (χ0v) is 26.7. The van der Waals surface area contributed by atoms with Gasteiger partial charge in [-0.3, -0.25) is 23.8 Å². The number of benzene rings is 1. The molecule has 3 aromatic rings. The van der Waals surface area contributed by atoms with E-state index >= 15 is 0 Å². The van der Waals surface area contributed by atoms with Crippen molar-refractivity contribution in [2.75, 3.05) is 11.3 Å². The van der Waals surface area contributed by atoms with Gasteiger partial charge in [0.25, 0.3) is 11.3 Å². The van der Waals surface area contributed by atoms with Crippen LogP contribution in [0.3, 0.4) is 0 Å². The van der Waals surface area contributed by atoms with Gasteiger partial charge in [-0.05, 0) is 85.0 Å². The molecular formula is C30H44N6O6S. The lowest BCUT2D eigenvalue weighted by molar-refractivity contribution is -0.156. The minimum atomic E-state index is -2.10. The Bertz CT molecular complexity index is 1290. The Hall–Kier alpha value is -3.55. The molecule has 3 rings (SSSR count). The van der Waals surface area contributed by atoms with Gasteiger partial charge < -0.3 is 18.6 Å². The fourth-order valence-electron chi connectivity index (χ4n) is 4.42. The lowest BCUT2D eigenvalue weighted by Crippen LogP contribution is -2.30. The highest BCUT2D eigenvalue weighted by Crippen LogP contribution is 2.16. The predicted molar refractivity (Wildman–Crippen MR) is 164 cm³/mol. The van der Waals surface area contributed by atoms with Crippen molar-refractivity contribution in [1.29, 1.82) is 0 Å². The average molecular weight is 617 g/mol. The molecule has 1 aromatic carbocycles. The summed E-state index contributed by atoms with van der Waals surface area (Å²) in [7, 11) is 0. The van der Waals surface area contributed by atoms with Crippen LogP contribution in [0.15, 0.2) is 49.1 Å². The zero-order valence-electron chi connectivity index (χ0n) is 25.9. The van der Waals surface area contributed by atoms with E-state index in [1.165, 1.54) is 0 Å². The van der Waals surface area contributed by atoms with Crippen LogP contribution in [0.25, 0.3) is 0 Å². The van der Waals surface area contributed by atoms with Crippen LogP contribution in [0.1, 0.15) is 71.6 Å². The highest BCUT2D eigenvalue weighted by atomic mass is 32.2. The van der Waals surface area contributed by atoms with Crippen molar-refractivity contribution >= 4 is 28.9 Å². The van der Waals surface area contributed by atoms with Gasteiger partial charge in [-0.1, -0.05) is 12.1 Å². The Morgan fingerprint density at radius 1 is 0.860 bits per heavy atom. The van der Waals surface area contributed by atoms with Crippen LogP contribution in [0.2, 0.25) is 0 Å². The van der Waals surface area contributed by atoms with Crippen molar-refractivity contribution in [3.8, 4) is 0 Å². The van der Waals surface area contributed by atoms with Crippen molar-refractivity contribution in [2.45, 2.75) is 98.2 Å². The van der Waals surface area contributed by atoms with Gasteiger partial charge in [0, 0.05) is 30.5 Å². The Morgan fingerprint density at radius 3 is 1.79 bits per heavy atom. The molecule has 13 heteroatoms. The predicted octanol–water partition coefficient (Wildman–Crippen LogP) is 4.34. The third-order valence-electron chi connectivity index (χ3n) is 6.12. The summed E-state index contributed by atoms with van der Waals surface area (Å²) < 4.78 is 37.0. The molecule has 2 aromatic heterocycles. The van der Waals surface area contributed by atoms with Crippen LogP contribution in [-0.4, -0.2) is 62.4 Å². The van der Waals surface area contributed by atoms with E-state index in [1.54, 1.807) is 46.1 Å². The molecule has 0 fully saturated rings. The molecular weight excluding hydrogens is 572 g/mol. The number of esters is 2. The second-order valence-electron chi connectivity index (χ2n) is 12.3. The van der Waals surface area contributed by atoms with E-state index in [-0.39, 0.29) is 25.0 Å². The van der Waals surface area contributed by atoms with Crippen LogP contribution < -0.4 is 4.72 Å². The van der Waals surface area contributed by atoms with Gasteiger partial charge in [0.05, 0.1) is 13.1 Å². The number of aryl methyl sites for hydroxylation is 1.